The number of rotatable bonds is 9. The Morgan fingerprint density at radius 1 is 0.917 bits per heavy atom. The Bertz CT molecular complexity index is 1130. The van der Waals surface area contributed by atoms with Crippen molar-refractivity contribution in [3.8, 4) is 0 Å². The molecule has 0 saturated carbocycles. The highest BCUT2D eigenvalue weighted by Gasteiger charge is 2.33. The van der Waals surface area contributed by atoms with Crippen LogP contribution in [0.2, 0.25) is 0 Å². The highest BCUT2D eigenvalue weighted by Crippen LogP contribution is 2.26. The molecule has 0 radical (unpaired) electrons. The van der Waals surface area contributed by atoms with Gasteiger partial charge in [0.05, 0.1) is 11.9 Å². The normalized spacial score (nSPS) is 13.1. The standard InChI is InChI=1S/C28H41N3O4S/c1-9-24(26(33)29-28(5,6)7)30(19-21-13-11-10-12-14-21)25(32)20-31(36(8,34)35)23-17-15-22(16-18-23)27(2,3)4/h10-18,24H,9,19-20H2,1-8H3,(H,29,33). The van der Waals surface area contributed by atoms with E-state index in [0.717, 1.165) is 21.7 Å². The van der Waals surface area contributed by atoms with Crippen LogP contribution in [-0.2, 0) is 31.6 Å². The van der Waals surface area contributed by atoms with Crippen molar-refractivity contribution in [2.24, 2.45) is 0 Å². The quantitative estimate of drug-likeness (QED) is 0.534. The maximum absolute atomic E-state index is 13.7. The SMILES string of the molecule is CCC(C(=O)NC(C)(C)C)N(Cc1ccccc1)C(=O)CN(c1ccc(C(C)(C)C)cc1)S(C)(=O)=O. The molecular formula is C28H41N3O4S. The minimum atomic E-state index is -3.76. The van der Waals surface area contributed by atoms with Crippen LogP contribution >= 0.6 is 0 Å². The molecule has 0 aliphatic heterocycles. The third-order valence-electron chi connectivity index (χ3n) is 5.78. The first-order valence-electron chi connectivity index (χ1n) is 12.3. The van der Waals surface area contributed by atoms with E-state index < -0.39 is 34.1 Å². The first-order chi connectivity index (χ1) is 16.5. The first-order valence-corrected chi connectivity index (χ1v) is 14.1. The lowest BCUT2D eigenvalue weighted by molar-refractivity contribution is -0.141. The van der Waals surface area contributed by atoms with Crippen molar-refractivity contribution in [1.29, 1.82) is 0 Å². The molecule has 7 nitrogen and oxygen atoms in total. The van der Waals surface area contributed by atoms with Crippen molar-refractivity contribution >= 4 is 27.5 Å². The van der Waals surface area contributed by atoms with Gasteiger partial charge in [0, 0.05) is 12.1 Å². The number of carbonyl (C=O) groups is 2. The van der Waals surface area contributed by atoms with Crippen molar-refractivity contribution in [1.82, 2.24) is 10.2 Å². The van der Waals surface area contributed by atoms with Gasteiger partial charge in [0.2, 0.25) is 21.8 Å². The van der Waals surface area contributed by atoms with Crippen LogP contribution in [0.15, 0.2) is 54.6 Å². The summed E-state index contributed by atoms with van der Waals surface area (Å²) < 4.78 is 26.6. The van der Waals surface area contributed by atoms with Crippen LogP contribution in [0, 0.1) is 0 Å². The van der Waals surface area contributed by atoms with Gasteiger partial charge in [-0.3, -0.25) is 13.9 Å². The molecule has 2 aromatic rings. The molecule has 1 atom stereocenters. The van der Waals surface area contributed by atoms with Crippen molar-refractivity contribution < 1.29 is 18.0 Å². The lowest BCUT2D eigenvalue weighted by atomic mass is 9.87. The van der Waals surface area contributed by atoms with Crippen LogP contribution in [0.5, 0.6) is 0 Å². The average Bonchev–Trinajstić information content (AvgIpc) is 2.75. The molecule has 8 heteroatoms. The molecule has 2 rings (SSSR count). The second-order valence-corrected chi connectivity index (χ2v) is 13.1. The van der Waals surface area contributed by atoms with Crippen molar-refractivity contribution in [3.05, 3.63) is 65.7 Å². The molecule has 0 aromatic heterocycles. The number of sulfonamides is 1. The number of hydrogen-bond donors (Lipinski definition) is 1. The fraction of sp³-hybridized carbons (Fsp3) is 0.500. The number of nitrogens with zero attached hydrogens (tertiary/aromatic N) is 2. The number of hydrogen-bond acceptors (Lipinski definition) is 4. The molecule has 2 amide bonds. The van der Waals surface area contributed by atoms with Gasteiger partial charge in [0.1, 0.15) is 12.6 Å². The third-order valence-corrected chi connectivity index (χ3v) is 6.92. The van der Waals surface area contributed by atoms with Crippen LogP contribution in [0.1, 0.15) is 66.0 Å². The summed E-state index contributed by atoms with van der Waals surface area (Å²) in [5.74, 6) is -0.713. The maximum Gasteiger partial charge on any atom is 0.244 e. The molecule has 1 unspecified atom stereocenters. The van der Waals surface area contributed by atoms with E-state index in [9.17, 15) is 18.0 Å². The van der Waals surface area contributed by atoms with E-state index in [4.69, 9.17) is 0 Å². The topological polar surface area (TPSA) is 86.8 Å². The zero-order valence-corrected chi connectivity index (χ0v) is 23.6. The number of nitrogens with one attached hydrogen (secondary N) is 1. The van der Waals surface area contributed by atoms with Gasteiger partial charge in [-0.1, -0.05) is 70.2 Å². The van der Waals surface area contributed by atoms with E-state index in [-0.39, 0.29) is 17.9 Å². The van der Waals surface area contributed by atoms with Gasteiger partial charge in [0.25, 0.3) is 0 Å². The van der Waals surface area contributed by atoms with E-state index in [1.54, 1.807) is 12.1 Å². The van der Waals surface area contributed by atoms with Gasteiger partial charge in [0.15, 0.2) is 0 Å². The summed E-state index contributed by atoms with van der Waals surface area (Å²) >= 11 is 0. The average molecular weight is 516 g/mol. The van der Waals surface area contributed by atoms with Crippen LogP contribution in [-0.4, -0.2) is 49.5 Å². The Kier molecular flexibility index (Phi) is 9.34. The predicted octanol–water partition coefficient (Wildman–Crippen LogP) is 4.47. The molecule has 0 heterocycles. The largest absolute Gasteiger partial charge is 0.350 e. The Morgan fingerprint density at radius 3 is 1.92 bits per heavy atom. The van der Waals surface area contributed by atoms with Crippen LogP contribution < -0.4 is 9.62 Å². The Balaban J connectivity index is 2.44. The summed E-state index contributed by atoms with van der Waals surface area (Å²) in [6.45, 7) is 13.5. The van der Waals surface area contributed by atoms with Gasteiger partial charge >= 0.3 is 0 Å². The van der Waals surface area contributed by atoms with E-state index >= 15 is 0 Å². The number of anilines is 1. The summed E-state index contributed by atoms with van der Waals surface area (Å²) in [5.41, 5.74) is 1.76. The predicted molar refractivity (Wildman–Crippen MR) is 146 cm³/mol. The molecule has 0 fully saturated rings. The molecule has 0 aliphatic carbocycles. The molecule has 198 valence electrons. The maximum atomic E-state index is 13.7. The zero-order chi connectivity index (χ0) is 27.3. The smallest absolute Gasteiger partial charge is 0.244 e. The summed E-state index contributed by atoms with van der Waals surface area (Å²) in [4.78, 5) is 28.4. The third kappa shape index (κ3) is 8.36. The van der Waals surface area contributed by atoms with Crippen LogP contribution in [0.3, 0.4) is 0 Å². The molecule has 0 aliphatic rings. The lowest BCUT2D eigenvalue weighted by Gasteiger charge is -2.34. The Labute approximate surface area is 216 Å². The van der Waals surface area contributed by atoms with Gasteiger partial charge in [-0.25, -0.2) is 8.42 Å². The molecule has 0 saturated heterocycles. The van der Waals surface area contributed by atoms with Gasteiger partial charge in [-0.2, -0.15) is 0 Å². The monoisotopic (exact) mass is 515 g/mol. The number of amides is 2. The molecule has 0 spiro atoms. The molecule has 2 aromatic carbocycles. The Hall–Kier alpha value is -2.87. The van der Waals surface area contributed by atoms with E-state index in [0.29, 0.717) is 12.1 Å². The van der Waals surface area contributed by atoms with Crippen molar-refractivity contribution in [2.75, 3.05) is 17.1 Å². The Morgan fingerprint density at radius 2 is 1.47 bits per heavy atom. The number of carbonyl (C=O) groups excluding carboxylic acids is 2. The van der Waals surface area contributed by atoms with E-state index in [1.165, 1.54) is 4.90 Å². The fourth-order valence-electron chi connectivity index (χ4n) is 3.89. The first kappa shape index (κ1) is 29.4. The van der Waals surface area contributed by atoms with Crippen LogP contribution in [0.4, 0.5) is 5.69 Å². The van der Waals surface area contributed by atoms with Crippen LogP contribution in [0.25, 0.3) is 0 Å². The summed E-state index contributed by atoms with van der Waals surface area (Å²) in [6, 6.07) is 15.8. The minimum absolute atomic E-state index is 0.0918. The van der Waals surface area contributed by atoms with E-state index in [2.05, 4.69) is 26.1 Å². The highest BCUT2D eigenvalue weighted by molar-refractivity contribution is 7.92. The molecule has 1 N–H and O–H groups in total. The van der Waals surface area contributed by atoms with Crippen molar-refractivity contribution in [3.63, 3.8) is 0 Å². The molecule has 36 heavy (non-hydrogen) atoms. The summed E-state index contributed by atoms with van der Waals surface area (Å²) in [5, 5.41) is 2.96. The summed E-state index contributed by atoms with van der Waals surface area (Å²) in [6.07, 6.45) is 1.47. The highest BCUT2D eigenvalue weighted by atomic mass is 32.2. The lowest BCUT2D eigenvalue weighted by Crippen LogP contribution is -2.55. The minimum Gasteiger partial charge on any atom is -0.350 e. The fourth-order valence-corrected chi connectivity index (χ4v) is 4.74. The van der Waals surface area contributed by atoms with Gasteiger partial charge in [-0.15, -0.1) is 0 Å². The van der Waals surface area contributed by atoms with Crippen molar-refractivity contribution in [2.45, 2.75) is 78.4 Å². The zero-order valence-electron chi connectivity index (χ0n) is 22.8. The summed E-state index contributed by atoms with van der Waals surface area (Å²) in [7, 11) is -3.76. The molecule has 0 bridgehead atoms. The second kappa shape index (κ2) is 11.5. The second-order valence-electron chi connectivity index (χ2n) is 11.2. The van der Waals surface area contributed by atoms with Gasteiger partial charge in [-0.05, 0) is 55.9 Å². The number of benzene rings is 2. The molecular weight excluding hydrogens is 474 g/mol. The van der Waals surface area contributed by atoms with Gasteiger partial charge < -0.3 is 10.2 Å². The van der Waals surface area contributed by atoms with E-state index in [1.807, 2.05) is 70.2 Å².